The first-order chi connectivity index (χ1) is 9.13. The molecule has 1 unspecified atom stereocenters. The SMILES string of the molecule is CCSc1ccc(C(O)c2c(C)ccnc2N)cc1. The predicted molar refractivity (Wildman–Crippen MR) is 80.3 cm³/mol. The van der Waals surface area contributed by atoms with Crippen LogP contribution in [0, 0.1) is 6.92 Å². The van der Waals surface area contributed by atoms with Crippen molar-refractivity contribution in [2.75, 3.05) is 11.5 Å². The molecule has 2 rings (SSSR count). The van der Waals surface area contributed by atoms with Crippen LogP contribution in [0.25, 0.3) is 0 Å². The fourth-order valence-corrected chi connectivity index (χ4v) is 2.69. The third kappa shape index (κ3) is 3.08. The minimum atomic E-state index is -0.727. The first kappa shape index (κ1) is 13.9. The molecule has 1 heterocycles. The number of thioether (sulfide) groups is 1. The molecule has 1 aromatic carbocycles. The number of nitrogens with two attached hydrogens (primary N) is 1. The monoisotopic (exact) mass is 274 g/mol. The van der Waals surface area contributed by atoms with E-state index in [1.165, 1.54) is 4.90 Å². The summed E-state index contributed by atoms with van der Waals surface area (Å²) < 4.78 is 0. The second-order valence-corrected chi connectivity index (χ2v) is 5.67. The molecule has 0 bridgehead atoms. The van der Waals surface area contributed by atoms with Gasteiger partial charge in [-0.2, -0.15) is 0 Å². The zero-order valence-electron chi connectivity index (χ0n) is 11.1. The highest BCUT2D eigenvalue weighted by atomic mass is 32.2. The molecule has 1 atom stereocenters. The van der Waals surface area contributed by atoms with Crippen molar-refractivity contribution in [3.63, 3.8) is 0 Å². The molecular formula is C15H18N2OS. The van der Waals surface area contributed by atoms with Crippen LogP contribution in [0.2, 0.25) is 0 Å². The van der Waals surface area contributed by atoms with Crippen LogP contribution < -0.4 is 5.73 Å². The summed E-state index contributed by atoms with van der Waals surface area (Å²) in [6.45, 7) is 4.05. The van der Waals surface area contributed by atoms with Crippen molar-refractivity contribution in [3.05, 3.63) is 53.2 Å². The van der Waals surface area contributed by atoms with Crippen molar-refractivity contribution in [1.29, 1.82) is 0 Å². The molecule has 4 heteroatoms. The van der Waals surface area contributed by atoms with Gasteiger partial charge in [-0.25, -0.2) is 4.98 Å². The van der Waals surface area contributed by atoms with Crippen molar-refractivity contribution in [2.45, 2.75) is 24.8 Å². The summed E-state index contributed by atoms with van der Waals surface area (Å²) in [5.74, 6) is 1.43. The van der Waals surface area contributed by atoms with Crippen LogP contribution >= 0.6 is 11.8 Å². The average molecular weight is 274 g/mol. The Morgan fingerprint density at radius 3 is 2.53 bits per heavy atom. The van der Waals surface area contributed by atoms with Crippen LogP contribution in [-0.2, 0) is 0 Å². The second kappa shape index (κ2) is 6.08. The molecule has 0 aliphatic rings. The minimum Gasteiger partial charge on any atom is -0.384 e. The molecule has 3 nitrogen and oxygen atoms in total. The number of hydrogen-bond acceptors (Lipinski definition) is 4. The van der Waals surface area contributed by atoms with Gasteiger partial charge in [-0.1, -0.05) is 19.1 Å². The summed E-state index contributed by atoms with van der Waals surface area (Å²) in [7, 11) is 0. The van der Waals surface area contributed by atoms with Gasteiger partial charge in [0.05, 0.1) is 0 Å². The van der Waals surface area contributed by atoms with Crippen molar-refractivity contribution in [2.24, 2.45) is 0 Å². The fraction of sp³-hybridized carbons (Fsp3) is 0.267. The van der Waals surface area contributed by atoms with Crippen molar-refractivity contribution in [1.82, 2.24) is 4.98 Å². The van der Waals surface area contributed by atoms with Gasteiger partial charge in [0, 0.05) is 16.7 Å². The number of anilines is 1. The third-order valence-corrected chi connectivity index (χ3v) is 3.91. The van der Waals surface area contributed by atoms with Crippen LogP contribution in [0.15, 0.2) is 41.4 Å². The van der Waals surface area contributed by atoms with Gasteiger partial charge in [-0.15, -0.1) is 11.8 Å². The number of aliphatic hydroxyl groups is 1. The Hall–Kier alpha value is -1.52. The van der Waals surface area contributed by atoms with E-state index in [9.17, 15) is 5.11 Å². The van der Waals surface area contributed by atoms with Crippen molar-refractivity contribution in [3.8, 4) is 0 Å². The minimum absolute atomic E-state index is 0.388. The molecule has 0 aliphatic carbocycles. The van der Waals surface area contributed by atoms with Crippen LogP contribution in [-0.4, -0.2) is 15.8 Å². The summed E-state index contributed by atoms with van der Waals surface area (Å²) in [4.78, 5) is 5.25. The summed E-state index contributed by atoms with van der Waals surface area (Å²) in [6.07, 6.45) is 0.927. The van der Waals surface area contributed by atoms with E-state index in [1.807, 2.05) is 37.3 Å². The van der Waals surface area contributed by atoms with Gasteiger partial charge in [0.2, 0.25) is 0 Å². The Morgan fingerprint density at radius 1 is 1.26 bits per heavy atom. The summed E-state index contributed by atoms with van der Waals surface area (Å²) >= 11 is 1.78. The number of pyridine rings is 1. The molecule has 1 aromatic heterocycles. The molecule has 0 amide bonds. The maximum Gasteiger partial charge on any atom is 0.129 e. The van der Waals surface area contributed by atoms with Gasteiger partial charge in [-0.3, -0.25) is 0 Å². The first-order valence-corrected chi connectivity index (χ1v) is 7.23. The largest absolute Gasteiger partial charge is 0.384 e. The highest BCUT2D eigenvalue weighted by molar-refractivity contribution is 7.99. The Balaban J connectivity index is 2.31. The fourth-order valence-electron chi connectivity index (χ4n) is 2.03. The van der Waals surface area contributed by atoms with Crippen LogP contribution in [0.3, 0.4) is 0 Å². The molecule has 0 spiro atoms. The lowest BCUT2D eigenvalue weighted by atomic mass is 9.98. The van der Waals surface area contributed by atoms with Crippen LogP contribution in [0.4, 0.5) is 5.82 Å². The zero-order valence-corrected chi connectivity index (χ0v) is 11.9. The molecule has 0 fully saturated rings. The molecule has 0 aliphatic heterocycles. The molecule has 100 valence electrons. The van der Waals surface area contributed by atoms with Crippen molar-refractivity contribution < 1.29 is 5.11 Å². The highest BCUT2D eigenvalue weighted by Crippen LogP contribution is 2.29. The molecule has 0 saturated carbocycles. The maximum atomic E-state index is 10.4. The standard InChI is InChI=1S/C15H18N2OS/c1-3-19-12-6-4-11(5-7-12)14(18)13-10(2)8-9-17-15(13)16/h4-9,14,18H,3H2,1-2H3,(H2,16,17). The molecule has 0 radical (unpaired) electrons. The van der Waals surface area contributed by atoms with Gasteiger partial charge in [-0.05, 0) is 42.0 Å². The Bertz CT molecular complexity index is 534. The van der Waals surface area contributed by atoms with Gasteiger partial charge in [0.1, 0.15) is 11.9 Å². The Labute approximate surface area is 117 Å². The van der Waals surface area contributed by atoms with Gasteiger partial charge in [0.25, 0.3) is 0 Å². The summed E-state index contributed by atoms with van der Waals surface area (Å²) in [5, 5.41) is 10.4. The number of aromatic nitrogens is 1. The number of rotatable bonds is 4. The Morgan fingerprint density at radius 2 is 1.95 bits per heavy atom. The topological polar surface area (TPSA) is 59.1 Å². The number of aliphatic hydroxyl groups excluding tert-OH is 1. The first-order valence-electron chi connectivity index (χ1n) is 6.25. The lowest BCUT2D eigenvalue weighted by Crippen LogP contribution is -2.07. The van der Waals surface area contributed by atoms with Crippen LogP contribution in [0.1, 0.15) is 29.7 Å². The third-order valence-electron chi connectivity index (χ3n) is 3.02. The summed E-state index contributed by atoms with van der Waals surface area (Å²) in [6, 6.07) is 9.78. The van der Waals surface area contributed by atoms with E-state index in [2.05, 4.69) is 11.9 Å². The number of benzene rings is 1. The summed E-state index contributed by atoms with van der Waals surface area (Å²) in [5.41, 5.74) is 8.34. The molecule has 0 saturated heterocycles. The van der Waals surface area contributed by atoms with E-state index >= 15 is 0 Å². The number of nitrogens with zero attached hydrogens (tertiary/aromatic N) is 1. The number of aryl methyl sites for hydroxylation is 1. The normalized spacial score (nSPS) is 12.4. The molecule has 3 N–H and O–H groups in total. The predicted octanol–water partition coefficient (Wildman–Crippen LogP) is 3.17. The molecule has 19 heavy (non-hydrogen) atoms. The average Bonchev–Trinajstić information content (AvgIpc) is 2.39. The van der Waals surface area contributed by atoms with E-state index in [0.717, 1.165) is 16.9 Å². The quantitative estimate of drug-likeness (QED) is 0.841. The lowest BCUT2D eigenvalue weighted by molar-refractivity contribution is 0.220. The van der Waals surface area contributed by atoms with E-state index in [0.29, 0.717) is 11.4 Å². The van der Waals surface area contributed by atoms with Gasteiger partial charge >= 0.3 is 0 Å². The van der Waals surface area contributed by atoms with Gasteiger partial charge in [0.15, 0.2) is 0 Å². The second-order valence-electron chi connectivity index (χ2n) is 4.33. The van der Waals surface area contributed by atoms with Crippen LogP contribution in [0.5, 0.6) is 0 Å². The van der Waals surface area contributed by atoms with E-state index in [4.69, 9.17) is 5.73 Å². The highest BCUT2D eigenvalue weighted by Gasteiger charge is 2.16. The van der Waals surface area contributed by atoms with Crippen molar-refractivity contribution >= 4 is 17.6 Å². The van der Waals surface area contributed by atoms with E-state index < -0.39 is 6.10 Å². The smallest absolute Gasteiger partial charge is 0.129 e. The van der Waals surface area contributed by atoms with E-state index in [1.54, 1.807) is 18.0 Å². The molecule has 2 aromatic rings. The Kier molecular flexibility index (Phi) is 4.45. The van der Waals surface area contributed by atoms with Gasteiger partial charge < -0.3 is 10.8 Å². The number of hydrogen-bond donors (Lipinski definition) is 2. The lowest BCUT2D eigenvalue weighted by Gasteiger charge is -2.16. The molecular weight excluding hydrogens is 256 g/mol. The number of nitrogen functional groups attached to an aromatic ring is 1. The van der Waals surface area contributed by atoms with E-state index in [-0.39, 0.29) is 0 Å². The maximum absolute atomic E-state index is 10.4. The zero-order chi connectivity index (χ0) is 13.8.